The number of hydrogen-bond acceptors (Lipinski definition) is 1. The highest BCUT2D eigenvalue weighted by Gasteiger charge is 1.93. The second-order valence-corrected chi connectivity index (χ2v) is 1.49. The van der Waals surface area contributed by atoms with E-state index in [9.17, 15) is 0 Å². The van der Waals surface area contributed by atoms with Crippen molar-refractivity contribution in [3.05, 3.63) is 19.2 Å². The van der Waals surface area contributed by atoms with Gasteiger partial charge in [-0.3, -0.25) is 0 Å². The van der Waals surface area contributed by atoms with Crippen LogP contribution in [0.3, 0.4) is 0 Å². The van der Waals surface area contributed by atoms with Gasteiger partial charge in [-0.05, 0) is 19.4 Å². The van der Waals surface area contributed by atoms with Crippen LogP contribution in [-0.2, 0) is 0 Å². The first-order chi connectivity index (χ1) is 3.18. The number of nitrogens with one attached hydrogen (secondary N) is 1. The van der Waals surface area contributed by atoms with Crippen molar-refractivity contribution in [1.82, 2.24) is 5.32 Å². The zero-order valence-electron chi connectivity index (χ0n) is 4.73. The van der Waals surface area contributed by atoms with E-state index in [0.29, 0.717) is 5.70 Å². The highest BCUT2D eigenvalue weighted by Crippen LogP contribution is 1.98. The fourth-order valence-electron chi connectivity index (χ4n) is 0.228. The van der Waals surface area contributed by atoms with E-state index in [1.165, 1.54) is 0 Å². The van der Waals surface area contributed by atoms with Gasteiger partial charge in [0.1, 0.15) is 0 Å². The van der Waals surface area contributed by atoms with Gasteiger partial charge in [0.25, 0.3) is 0 Å². The van der Waals surface area contributed by atoms with Crippen LogP contribution in [0.2, 0.25) is 0 Å². The minimum absolute atomic E-state index is 0.0509. The fourth-order valence-corrected chi connectivity index (χ4v) is 0.228. The van der Waals surface area contributed by atoms with E-state index in [-0.39, 0.29) is 5.92 Å². The number of hydrogen-bond donors (Lipinski definition) is 1. The standard InChI is InChI=1S/C6H10N/c1-5(2)6(3)7-4/h1,3,5,7H,2,4H3. The molecule has 0 aliphatic rings. The molecule has 1 N–H and O–H groups in total. The Hall–Kier alpha value is -0.460. The summed E-state index contributed by atoms with van der Waals surface area (Å²) in [6.45, 7) is 12.4. The molecule has 0 rings (SSSR count). The van der Waals surface area contributed by atoms with Gasteiger partial charge in [0.2, 0.25) is 0 Å². The Labute approximate surface area is 45.4 Å². The topological polar surface area (TPSA) is 12.0 Å². The van der Waals surface area contributed by atoms with Gasteiger partial charge in [-0.2, -0.15) is 0 Å². The molecule has 0 aromatic carbocycles. The molecule has 0 heterocycles. The maximum atomic E-state index is 5.32. The highest BCUT2D eigenvalue weighted by atomic mass is 14.8. The smallest absolute Gasteiger partial charge is 0.0136 e. The van der Waals surface area contributed by atoms with Gasteiger partial charge in [0.15, 0.2) is 0 Å². The van der Waals surface area contributed by atoms with Crippen molar-refractivity contribution in [2.45, 2.75) is 6.92 Å². The van der Waals surface area contributed by atoms with E-state index >= 15 is 0 Å². The molecule has 1 nitrogen and oxygen atoms in total. The van der Waals surface area contributed by atoms with Crippen LogP contribution in [0.25, 0.3) is 0 Å². The highest BCUT2D eigenvalue weighted by molar-refractivity contribution is 4.93. The SMILES string of the molecule is [CH]C(C)C(=[CH])NC. The van der Waals surface area contributed by atoms with Crippen LogP contribution >= 0.6 is 0 Å². The van der Waals surface area contributed by atoms with Crippen molar-refractivity contribution < 1.29 is 0 Å². The molecular weight excluding hydrogens is 86.1 g/mol. The zero-order chi connectivity index (χ0) is 5.86. The maximum Gasteiger partial charge on any atom is 0.0136 e. The molecule has 0 saturated heterocycles. The Morgan fingerprint density at radius 3 is 2.14 bits per heavy atom. The minimum Gasteiger partial charge on any atom is -0.391 e. The first-order valence-corrected chi connectivity index (χ1v) is 2.24. The molecule has 1 heteroatoms. The molecule has 39 valence electrons. The van der Waals surface area contributed by atoms with Crippen molar-refractivity contribution in [3.63, 3.8) is 0 Å². The van der Waals surface area contributed by atoms with Crippen LogP contribution in [-0.4, -0.2) is 7.05 Å². The Kier molecular flexibility index (Phi) is 2.49. The second kappa shape index (κ2) is 2.67. The van der Waals surface area contributed by atoms with Gasteiger partial charge in [-0.15, -0.1) is 0 Å². The molecule has 0 aliphatic heterocycles. The van der Waals surface area contributed by atoms with Gasteiger partial charge < -0.3 is 5.32 Å². The molecular formula is C6H10N. The lowest BCUT2D eigenvalue weighted by Gasteiger charge is -2.05. The van der Waals surface area contributed by atoms with Crippen molar-refractivity contribution in [3.8, 4) is 0 Å². The van der Waals surface area contributed by atoms with E-state index in [0.717, 1.165) is 0 Å². The molecule has 0 aliphatic carbocycles. The predicted octanol–water partition coefficient (Wildman–Crippen LogP) is 0.870. The average Bonchev–Trinajstić information content (AvgIpc) is 1.65. The first kappa shape index (κ1) is 6.54. The van der Waals surface area contributed by atoms with Gasteiger partial charge in [-0.1, -0.05) is 6.92 Å². The van der Waals surface area contributed by atoms with E-state index in [4.69, 9.17) is 13.5 Å². The Balaban J connectivity index is 3.35. The quantitative estimate of drug-likeness (QED) is 0.538. The summed E-state index contributed by atoms with van der Waals surface area (Å²) in [7, 11) is 1.75. The van der Waals surface area contributed by atoms with Crippen LogP contribution in [0.4, 0.5) is 0 Å². The van der Waals surface area contributed by atoms with Crippen LogP contribution in [0, 0.1) is 19.4 Å². The summed E-state index contributed by atoms with van der Waals surface area (Å²) in [6, 6.07) is 0. The third kappa shape index (κ3) is 2.26. The van der Waals surface area contributed by atoms with E-state index in [2.05, 4.69) is 5.32 Å². The van der Waals surface area contributed by atoms with Crippen molar-refractivity contribution in [1.29, 1.82) is 0 Å². The summed E-state index contributed by atoms with van der Waals surface area (Å²) in [5, 5.41) is 2.73. The van der Waals surface area contributed by atoms with E-state index < -0.39 is 0 Å². The van der Waals surface area contributed by atoms with E-state index in [1.54, 1.807) is 7.05 Å². The van der Waals surface area contributed by atoms with Crippen molar-refractivity contribution >= 4 is 0 Å². The summed E-state index contributed by atoms with van der Waals surface area (Å²) in [6.07, 6.45) is 0. The van der Waals surface area contributed by atoms with Crippen molar-refractivity contribution in [2.75, 3.05) is 7.05 Å². The third-order valence-electron chi connectivity index (χ3n) is 0.779. The number of rotatable bonds is 2. The van der Waals surface area contributed by atoms with Gasteiger partial charge in [0, 0.05) is 12.7 Å². The van der Waals surface area contributed by atoms with Gasteiger partial charge >= 0.3 is 0 Å². The Morgan fingerprint density at radius 1 is 1.71 bits per heavy atom. The summed E-state index contributed by atoms with van der Waals surface area (Å²) < 4.78 is 0. The molecule has 0 fully saturated rings. The fraction of sp³-hybridized carbons (Fsp3) is 0.500. The van der Waals surface area contributed by atoms with Gasteiger partial charge in [-0.25, -0.2) is 0 Å². The molecule has 3 radical (unpaired) electrons. The summed E-state index contributed by atoms with van der Waals surface area (Å²) in [4.78, 5) is 0. The molecule has 1 unspecified atom stereocenters. The molecule has 0 bridgehead atoms. The average molecular weight is 96.2 g/mol. The minimum atomic E-state index is -0.0509. The lowest BCUT2D eigenvalue weighted by Crippen LogP contribution is -2.09. The second-order valence-electron chi connectivity index (χ2n) is 1.49. The first-order valence-electron chi connectivity index (χ1n) is 2.24. The molecule has 0 spiro atoms. The lowest BCUT2D eigenvalue weighted by molar-refractivity contribution is 0.764. The zero-order valence-corrected chi connectivity index (χ0v) is 4.73. The van der Waals surface area contributed by atoms with Crippen molar-refractivity contribution in [2.24, 2.45) is 5.92 Å². The summed E-state index contributed by atoms with van der Waals surface area (Å²) in [5.41, 5.74) is 0.625. The molecule has 0 amide bonds. The molecule has 0 aromatic rings. The Bertz CT molecular complexity index is 64.6. The van der Waals surface area contributed by atoms with E-state index in [1.807, 2.05) is 6.92 Å². The Morgan fingerprint density at radius 2 is 2.14 bits per heavy atom. The van der Waals surface area contributed by atoms with Gasteiger partial charge in [0.05, 0.1) is 0 Å². The maximum absolute atomic E-state index is 5.32. The normalized spacial score (nSPS) is 9.14. The number of allylic oxidation sites excluding steroid dienone is 1. The van der Waals surface area contributed by atoms with Crippen LogP contribution in [0.1, 0.15) is 6.92 Å². The predicted molar refractivity (Wildman–Crippen MR) is 30.3 cm³/mol. The molecule has 1 atom stereocenters. The molecule has 0 saturated carbocycles. The van der Waals surface area contributed by atoms with Crippen LogP contribution < -0.4 is 5.32 Å². The third-order valence-corrected chi connectivity index (χ3v) is 0.779. The lowest BCUT2D eigenvalue weighted by atomic mass is 10.2. The van der Waals surface area contributed by atoms with Crippen LogP contribution in [0.15, 0.2) is 5.70 Å². The molecule has 0 aromatic heterocycles. The van der Waals surface area contributed by atoms with Crippen LogP contribution in [0.5, 0.6) is 0 Å². The monoisotopic (exact) mass is 96.1 g/mol. The molecule has 7 heavy (non-hydrogen) atoms. The largest absolute Gasteiger partial charge is 0.391 e. The summed E-state index contributed by atoms with van der Waals surface area (Å²) >= 11 is 0. The summed E-state index contributed by atoms with van der Waals surface area (Å²) in [5.74, 6) is -0.0509.